The van der Waals surface area contributed by atoms with Crippen LogP contribution in [0.3, 0.4) is 0 Å². The minimum absolute atomic E-state index is 0.0181. The normalized spacial score (nSPS) is 15.8. The minimum atomic E-state index is -3.65. The summed E-state index contributed by atoms with van der Waals surface area (Å²) in [6, 6.07) is 11.9. The lowest BCUT2D eigenvalue weighted by Gasteiger charge is -2.34. The van der Waals surface area contributed by atoms with Crippen molar-refractivity contribution >= 4 is 39.3 Å². The maximum Gasteiger partial charge on any atom is 0.244 e. The molecule has 1 fully saturated rings. The van der Waals surface area contributed by atoms with Crippen molar-refractivity contribution in [1.29, 1.82) is 0 Å². The highest BCUT2D eigenvalue weighted by Crippen LogP contribution is 2.25. The van der Waals surface area contributed by atoms with Crippen molar-refractivity contribution in [2.45, 2.75) is 9.92 Å². The molecule has 0 saturated carbocycles. The van der Waals surface area contributed by atoms with Crippen LogP contribution in [0.25, 0.3) is 0 Å². The molecule has 1 amide bonds. The van der Waals surface area contributed by atoms with E-state index in [-0.39, 0.29) is 34.7 Å². The zero-order valence-electron chi connectivity index (χ0n) is 13.9. The monoisotopic (exact) mass is 411 g/mol. The van der Waals surface area contributed by atoms with Crippen LogP contribution in [0, 0.1) is 0 Å². The van der Waals surface area contributed by atoms with E-state index in [1.54, 1.807) is 29.3 Å². The Balaban J connectivity index is 1.57. The second-order valence-corrected chi connectivity index (χ2v) is 8.98. The largest absolute Gasteiger partial charge is 0.339 e. The van der Waals surface area contributed by atoms with Gasteiger partial charge in [-0.15, -0.1) is 0 Å². The molecule has 1 aliphatic rings. The lowest BCUT2D eigenvalue weighted by atomic mass is 10.3. The highest BCUT2D eigenvalue weighted by Gasteiger charge is 2.31. The molecule has 0 atom stereocenters. The SMILES string of the molecule is O=C(CSc1ccccn1)N1CCN(S(=O)(=O)c2ccccc2Cl)CC1. The molecule has 1 aliphatic heterocycles. The van der Waals surface area contributed by atoms with Gasteiger partial charge in [0.2, 0.25) is 15.9 Å². The number of benzene rings is 1. The fraction of sp³-hybridized carbons (Fsp3) is 0.294. The molecule has 6 nitrogen and oxygen atoms in total. The highest BCUT2D eigenvalue weighted by atomic mass is 35.5. The summed E-state index contributed by atoms with van der Waals surface area (Å²) in [5, 5.41) is 0.999. The van der Waals surface area contributed by atoms with Crippen LogP contribution in [0.2, 0.25) is 5.02 Å². The van der Waals surface area contributed by atoms with E-state index in [1.807, 2.05) is 18.2 Å². The zero-order chi connectivity index (χ0) is 18.6. The Hall–Kier alpha value is -1.61. The van der Waals surface area contributed by atoms with Gasteiger partial charge in [-0.2, -0.15) is 4.31 Å². The van der Waals surface area contributed by atoms with Gasteiger partial charge in [0.15, 0.2) is 0 Å². The number of halogens is 1. The second kappa shape index (κ2) is 8.39. The van der Waals surface area contributed by atoms with Crippen LogP contribution >= 0.6 is 23.4 Å². The van der Waals surface area contributed by atoms with Crippen molar-refractivity contribution in [2.24, 2.45) is 0 Å². The number of carbonyl (C=O) groups excluding carboxylic acids is 1. The summed E-state index contributed by atoms with van der Waals surface area (Å²) >= 11 is 7.40. The average molecular weight is 412 g/mol. The molecule has 1 saturated heterocycles. The molecule has 3 rings (SSSR count). The molecule has 1 aromatic heterocycles. The van der Waals surface area contributed by atoms with Crippen molar-refractivity contribution in [1.82, 2.24) is 14.2 Å². The van der Waals surface area contributed by atoms with Crippen molar-refractivity contribution in [3.05, 3.63) is 53.7 Å². The van der Waals surface area contributed by atoms with Crippen LogP contribution < -0.4 is 0 Å². The lowest BCUT2D eigenvalue weighted by molar-refractivity contribution is -0.129. The first kappa shape index (κ1) is 19.2. The Morgan fingerprint density at radius 2 is 1.77 bits per heavy atom. The molecule has 138 valence electrons. The number of amides is 1. The fourth-order valence-electron chi connectivity index (χ4n) is 2.63. The smallest absolute Gasteiger partial charge is 0.244 e. The van der Waals surface area contributed by atoms with E-state index in [2.05, 4.69) is 4.98 Å². The first-order chi connectivity index (χ1) is 12.5. The molecule has 0 aliphatic carbocycles. The van der Waals surface area contributed by atoms with Gasteiger partial charge in [-0.05, 0) is 24.3 Å². The zero-order valence-corrected chi connectivity index (χ0v) is 16.3. The number of thioether (sulfide) groups is 1. The van der Waals surface area contributed by atoms with Crippen LogP contribution in [-0.4, -0.2) is 60.4 Å². The van der Waals surface area contributed by atoms with Gasteiger partial charge in [-0.3, -0.25) is 4.79 Å². The van der Waals surface area contributed by atoms with Crippen LogP contribution in [0.5, 0.6) is 0 Å². The molecule has 0 unspecified atom stereocenters. The molecule has 0 radical (unpaired) electrons. The first-order valence-corrected chi connectivity index (χ1v) is 10.8. The van der Waals surface area contributed by atoms with Gasteiger partial charge < -0.3 is 4.90 Å². The standard InChI is InChI=1S/C17H18ClN3O3S2/c18-14-5-1-2-6-15(14)26(23,24)21-11-9-20(10-12-21)17(22)13-25-16-7-3-4-8-19-16/h1-8H,9-13H2. The lowest BCUT2D eigenvalue weighted by Crippen LogP contribution is -2.51. The third kappa shape index (κ3) is 4.37. The van der Waals surface area contributed by atoms with E-state index in [1.165, 1.54) is 22.1 Å². The van der Waals surface area contributed by atoms with Gasteiger partial charge in [0.05, 0.1) is 15.8 Å². The third-order valence-corrected chi connectivity index (χ3v) is 7.35. The summed E-state index contributed by atoms with van der Waals surface area (Å²) in [6.45, 7) is 1.25. The molecule has 0 spiro atoms. The number of carbonyl (C=O) groups is 1. The molecule has 2 heterocycles. The molecule has 26 heavy (non-hydrogen) atoms. The third-order valence-electron chi connectivity index (χ3n) is 4.03. The van der Waals surface area contributed by atoms with E-state index in [0.29, 0.717) is 13.1 Å². The van der Waals surface area contributed by atoms with E-state index < -0.39 is 10.0 Å². The van der Waals surface area contributed by atoms with Crippen LogP contribution in [-0.2, 0) is 14.8 Å². The predicted octanol–water partition coefficient (Wildman–Crippen LogP) is 2.36. The number of sulfonamides is 1. The van der Waals surface area contributed by atoms with Crippen molar-refractivity contribution in [3.8, 4) is 0 Å². The van der Waals surface area contributed by atoms with Crippen LogP contribution in [0.4, 0.5) is 0 Å². The quantitative estimate of drug-likeness (QED) is 0.706. The summed E-state index contributed by atoms with van der Waals surface area (Å²) in [6.07, 6.45) is 1.69. The number of hydrogen-bond donors (Lipinski definition) is 0. The number of nitrogens with zero attached hydrogens (tertiary/aromatic N) is 3. The topological polar surface area (TPSA) is 70.6 Å². The second-order valence-electron chi connectivity index (χ2n) is 5.67. The molecule has 9 heteroatoms. The summed E-state index contributed by atoms with van der Waals surface area (Å²) < 4.78 is 26.8. The summed E-state index contributed by atoms with van der Waals surface area (Å²) in [5.41, 5.74) is 0. The highest BCUT2D eigenvalue weighted by molar-refractivity contribution is 7.99. The van der Waals surface area contributed by atoms with Gasteiger partial charge in [0.25, 0.3) is 0 Å². The number of pyridine rings is 1. The molecule has 0 bridgehead atoms. The average Bonchev–Trinajstić information content (AvgIpc) is 2.67. The Morgan fingerprint density at radius 3 is 2.42 bits per heavy atom. The molecular formula is C17H18ClN3O3S2. The number of hydrogen-bond acceptors (Lipinski definition) is 5. The van der Waals surface area contributed by atoms with Crippen LogP contribution in [0.1, 0.15) is 0 Å². The van der Waals surface area contributed by atoms with Crippen molar-refractivity contribution < 1.29 is 13.2 Å². The predicted molar refractivity (Wildman–Crippen MR) is 102 cm³/mol. The first-order valence-electron chi connectivity index (χ1n) is 8.05. The van der Waals surface area contributed by atoms with E-state index in [9.17, 15) is 13.2 Å². The fourth-order valence-corrected chi connectivity index (χ4v) is 5.31. The summed E-state index contributed by atoms with van der Waals surface area (Å²) in [5.74, 6) is 0.268. The van der Waals surface area contributed by atoms with Gasteiger partial charge in [0.1, 0.15) is 4.90 Å². The maximum absolute atomic E-state index is 12.7. The summed E-state index contributed by atoms with van der Waals surface area (Å²) in [7, 11) is -3.65. The van der Waals surface area contributed by atoms with Gasteiger partial charge in [0, 0.05) is 32.4 Å². The number of rotatable bonds is 5. The Kier molecular flexibility index (Phi) is 6.18. The summed E-state index contributed by atoms with van der Waals surface area (Å²) in [4.78, 5) is 18.3. The Labute approximate surface area is 162 Å². The Morgan fingerprint density at radius 1 is 1.08 bits per heavy atom. The minimum Gasteiger partial charge on any atom is -0.339 e. The maximum atomic E-state index is 12.7. The van der Waals surface area contributed by atoms with Crippen molar-refractivity contribution in [2.75, 3.05) is 31.9 Å². The molecule has 2 aromatic rings. The van der Waals surface area contributed by atoms with Crippen LogP contribution in [0.15, 0.2) is 58.6 Å². The van der Waals surface area contributed by atoms with E-state index in [4.69, 9.17) is 11.6 Å². The van der Waals surface area contributed by atoms with E-state index in [0.717, 1.165) is 5.03 Å². The molecule has 0 N–H and O–H groups in total. The van der Waals surface area contributed by atoms with E-state index >= 15 is 0 Å². The molecule has 1 aromatic carbocycles. The molecular weight excluding hydrogens is 394 g/mol. The number of aromatic nitrogens is 1. The Bertz CT molecular complexity index is 870. The van der Waals surface area contributed by atoms with Crippen molar-refractivity contribution in [3.63, 3.8) is 0 Å². The van der Waals surface area contributed by atoms with Gasteiger partial charge in [-0.1, -0.05) is 41.6 Å². The number of piperazine rings is 1. The van der Waals surface area contributed by atoms with Gasteiger partial charge >= 0.3 is 0 Å². The van der Waals surface area contributed by atoms with Gasteiger partial charge in [-0.25, -0.2) is 13.4 Å².